The minimum Gasteiger partial charge on any atom is -0.484 e. The van der Waals surface area contributed by atoms with Crippen molar-refractivity contribution in [3.05, 3.63) is 59.9 Å². The predicted octanol–water partition coefficient (Wildman–Crippen LogP) is 2.55. The molecule has 1 fully saturated rings. The average molecular weight is 339 g/mol. The van der Waals surface area contributed by atoms with Gasteiger partial charge in [0.15, 0.2) is 6.61 Å². The molecule has 1 aromatic carbocycles. The predicted molar refractivity (Wildman–Crippen MR) is 97.4 cm³/mol. The van der Waals surface area contributed by atoms with Gasteiger partial charge in [0.1, 0.15) is 5.75 Å². The third kappa shape index (κ3) is 5.29. The molecule has 1 N–H and O–H groups in total. The fourth-order valence-corrected chi connectivity index (χ4v) is 3.12. The molecule has 1 saturated heterocycles. The molecule has 2 aromatic rings. The van der Waals surface area contributed by atoms with E-state index in [0.717, 1.165) is 32.5 Å². The number of hydrogen-bond acceptors (Lipinski definition) is 4. The third-order valence-electron chi connectivity index (χ3n) is 4.63. The number of nitrogens with zero attached hydrogens (tertiary/aromatic N) is 2. The van der Waals surface area contributed by atoms with Crippen molar-refractivity contribution in [2.75, 3.05) is 19.7 Å². The Morgan fingerprint density at radius 2 is 1.92 bits per heavy atom. The summed E-state index contributed by atoms with van der Waals surface area (Å²) in [4.78, 5) is 18.4. The molecule has 1 amide bonds. The summed E-state index contributed by atoms with van der Waals surface area (Å²) in [7, 11) is 0. The molecule has 1 aliphatic heterocycles. The van der Waals surface area contributed by atoms with E-state index in [4.69, 9.17) is 4.74 Å². The van der Waals surface area contributed by atoms with Crippen molar-refractivity contribution in [1.29, 1.82) is 0 Å². The zero-order chi connectivity index (χ0) is 17.5. The highest BCUT2D eigenvalue weighted by Gasteiger charge is 2.21. The number of amides is 1. The van der Waals surface area contributed by atoms with Gasteiger partial charge in [-0.25, -0.2) is 0 Å². The Kier molecular flexibility index (Phi) is 6.01. The SMILES string of the molecule is Cc1ccccc1CN1CCC(NC(=O)COc2ccncc2)CC1. The number of hydrogen-bond donors (Lipinski definition) is 1. The van der Waals surface area contributed by atoms with Crippen molar-refractivity contribution in [1.82, 2.24) is 15.2 Å². The standard InChI is InChI=1S/C20H25N3O2/c1-16-4-2-3-5-17(16)14-23-12-8-18(9-13-23)22-20(24)15-25-19-6-10-21-11-7-19/h2-7,10-11,18H,8-9,12-15H2,1H3,(H,22,24). The first kappa shape index (κ1) is 17.4. The number of ether oxygens (including phenoxy) is 1. The Labute approximate surface area is 149 Å². The molecule has 1 aromatic heterocycles. The summed E-state index contributed by atoms with van der Waals surface area (Å²) in [6.45, 7) is 5.20. The molecule has 25 heavy (non-hydrogen) atoms. The molecule has 0 spiro atoms. The number of carbonyl (C=O) groups excluding carboxylic acids is 1. The summed E-state index contributed by atoms with van der Waals surface area (Å²) >= 11 is 0. The maximum Gasteiger partial charge on any atom is 0.258 e. The van der Waals surface area contributed by atoms with Gasteiger partial charge in [0.25, 0.3) is 5.91 Å². The number of carbonyl (C=O) groups is 1. The normalized spacial score (nSPS) is 15.7. The van der Waals surface area contributed by atoms with E-state index in [0.29, 0.717) is 5.75 Å². The topological polar surface area (TPSA) is 54.5 Å². The number of aromatic nitrogens is 1. The first-order chi connectivity index (χ1) is 12.2. The first-order valence-corrected chi connectivity index (χ1v) is 8.80. The van der Waals surface area contributed by atoms with Crippen LogP contribution < -0.4 is 10.1 Å². The fraction of sp³-hybridized carbons (Fsp3) is 0.400. The summed E-state index contributed by atoms with van der Waals surface area (Å²) in [5, 5.41) is 3.08. The monoisotopic (exact) mass is 339 g/mol. The Hall–Kier alpha value is -2.40. The number of pyridine rings is 1. The Bertz CT molecular complexity index is 682. The second-order valence-electron chi connectivity index (χ2n) is 6.52. The zero-order valence-electron chi connectivity index (χ0n) is 14.6. The second-order valence-corrected chi connectivity index (χ2v) is 6.52. The highest BCUT2D eigenvalue weighted by Crippen LogP contribution is 2.16. The van der Waals surface area contributed by atoms with Crippen molar-refractivity contribution >= 4 is 5.91 Å². The molecule has 132 valence electrons. The van der Waals surface area contributed by atoms with Gasteiger partial charge in [-0.1, -0.05) is 24.3 Å². The van der Waals surface area contributed by atoms with Crippen LogP contribution in [-0.4, -0.2) is 41.5 Å². The van der Waals surface area contributed by atoms with E-state index in [1.807, 2.05) is 0 Å². The average Bonchev–Trinajstić information content (AvgIpc) is 2.64. The van der Waals surface area contributed by atoms with Crippen LogP contribution in [0, 0.1) is 6.92 Å². The highest BCUT2D eigenvalue weighted by atomic mass is 16.5. The first-order valence-electron chi connectivity index (χ1n) is 8.80. The lowest BCUT2D eigenvalue weighted by Gasteiger charge is -2.32. The van der Waals surface area contributed by atoms with Crippen molar-refractivity contribution in [2.45, 2.75) is 32.4 Å². The van der Waals surface area contributed by atoms with Gasteiger partial charge in [-0.3, -0.25) is 14.7 Å². The van der Waals surface area contributed by atoms with E-state index in [-0.39, 0.29) is 18.6 Å². The minimum atomic E-state index is -0.0610. The van der Waals surface area contributed by atoms with Gasteiger partial charge in [0.2, 0.25) is 0 Å². The molecule has 0 bridgehead atoms. The lowest BCUT2D eigenvalue weighted by molar-refractivity contribution is -0.124. The van der Waals surface area contributed by atoms with Crippen LogP contribution in [0.3, 0.4) is 0 Å². The van der Waals surface area contributed by atoms with Crippen LogP contribution in [0.1, 0.15) is 24.0 Å². The number of piperidine rings is 1. The highest BCUT2D eigenvalue weighted by molar-refractivity contribution is 5.77. The Morgan fingerprint density at radius 3 is 2.64 bits per heavy atom. The van der Waals surface area contributed by atoms with Crippen LogP contribution in [0.4, 0.5) is 0 Å². The Morgan fingerprint density at radius 1 is 1.20 bits per heavy atom. The number of rotatable bonds is 6. The molecule has 0 radical (unpaired) electrons. The van der Waals surface area contributed by atoms with Gasteiger partial charge in [-0.05, 0) is 43.0 Å². The maximum atomic E-state index is 12.0. The van der Waals surface area contributed by atoms with E-state index in [2.05, 4.69) is 46.4 Å². The Balaban J connectivity index is 1.39. The second kappa shape index (κ2) is 8.62. The molecule has 5 nitrogen and oxygen atoms in total. The van der Waals surface area contributed by atoms with Gasteiger partial charge in [-0.2, -0.15) is 0 Å². The van der Waals surface area contributed by atoms with E-state index in [1.165, 1.54) is 11.1 Å². The van der Waals surface area contributed by atoms with E-state index in [1.54, 1.807) is 24.5 Å². The number of benzene rings is 1. The van der Waals surface area contributed by atoms with Crippen LogP contribution in [0.25, 0.3) is 0 Å². The van der Waals surface area contributed by atoms with Gasteiger partial charge >= 0.3 is 0 Å². The van der Waals surface area contributed by atoms with E-state index < -0.39 is 0 Å². The third-order valence-corrected chi connectivity index (χ3v) is 4.63. The summed E-state index contributed by atoms with van der Waals surface area (Å²) in [5.41, 5.74) is 2.72. The smallest absolute Gasteiger partial charge is 0.258 e. The lowest BCUT2D eigenvalue weighted by atomic mass is 10.0. The van der Waals surface area contributed by atoms with Crippen molar-refractivity contribution in [3.63, 3.8) is 0 Å². The van der Waals surface area contributed by atoms with Gasteiger partial charge in [0, 0.05) is 38.1 Å². The molecule has 0 unspecified atom stereocenters. The van der Waals surface area contributed by atoms with Crippen LogP contribution in [0.2, 0.25) is 0 Å². The number of nitrogens with one attached hydrogen (secondary N) is 1. The molecule has 2 heterocycles. The lowest BCUT2D eigenvalue weighted by Crippen LogP contribution is -2.45. The largest absolute Gasteiger partial charge is 0.484 e. The van der Waals surface area contributed by atoms with Crippen molar-refractivity contribution < 1.29 is 9.53 Å². The molecule has 3 rings (SSSR count). The number of likely N-dealkylation sites (tertiary alicyclic amines) is 1. The summed E-state index contributed by atoms with van der Waals surface area (Å²) in [6.07, 6.45) is 5.26. The fourth-order valence-electron chi connectivity index (χ4n) is 3.12. The van der Waals surface area contributed by atoms with Gasteiger partial charge in [0.05, 0.1) is 0 Å². The van der Waals surface area contributed by atoms with Crippen molar-refractivity contribution in [2.24, 2.45) is 0 Å². The quantitative estimate of drug-likeness (QED) is 0.879. The molecule has 0 atom stereocenters. The molecular formula is C20H25N3O2. The molecule has 5 heteroatoms. The van der Waals surface area contributed by atoms with Crippen molar-refractivity contribution in [3.8, 4) is 5.75 Å². The molecule has 1 aliphatic rings. The van der Waals surface area contributed by atoms with Crippen LogP contribution in [0.15, 0.2) is 48.8 Å². The molecular weight excluding hydrogens is 314 g/mol. The summed E-state index contributed by atoms with van der Waals surface area (Å²) in [5.74, 6) is 0.604. The van der Waals surface area contributed by atoms with Gasteiger partial charge < -0.3 is 10.1 Å². The summed E-state index contributed by atoms with van der Waals surface area (Å²) in [6, 6.07) is 12.3. The molecule has 0 aliphatic carbocycles. The van der Waals surface area contributed by atoms with Crippen LogP contribution >= 0.6 is 0 Å². The van der Waals surface area contributed by atoms with Crippen LogP contribution in [-0.2, 0) is 11.3 Å². The minimum absolute atomic E-state index is 0.0490. The zero-order valence-corrected chi connectivity index (χ0v) is 14.6. The van der Waals surface area contributed by atoms with Gasteiger partial charge in [-0.15, -0.1) is 0 Å². The molecule has 0 saturated carbocycles. The maximum absolute atomic E-state index is 12.0. The summed E-state index contributed by atoms with van der Waals surface area (Å²) < 4.78 is 5.46. The van der Waals surface area contributed by atoms with E-state index in [9.17, 15) is 4.79 Å². The van der Waals surface area contributed by atoms with E-state index >= 15 is 0 Å². The number of aryl methyl sites for hydroxylation is 1. The van der Waals surface area contributed by atoms with Crippen LogP contribution in [0.5, 0.6) is 5.75 Å².